The summed E-state index contributed by atoms with van der Waals surface area (Å²) >= 11 is 0. The van der Waals surface area contributed by atoms with Crippen molar-refractivity contribution in [3.63, 3.8) is 0 Å². The lowest BCUT2D eigenvalue weighted by molar-refractivity contribution is 0.127. The van der Waals surface area contributed by atoms with E-state index in [4.69, 9.17) is 4.74 Å². The van der Waals surface area contributed by atoms with Crippen LogP contribution in [0.2, 0.25) is 0 Å². The molecule has 2 rings (SSSR count). The molecule has 1 nitrogen and oxygen atoms in total. The van der Waals surface area contributed by atoms with Crippen molar-refractivity contribution >= 4 is 12.2 Å². The minimum absolute atomic E-state index is 0.868. The first-order valence-electron chi connectivity index (χ1n) is 9.32. The Morgan fingerprint density at radius 2 is 1.16 bits per heavy atom. The van der Waals surface area contributed by atoms with Crippen molar-refractivity contribution in [2.45, 2.75) is 38.5 Å². The Hall–Kier alpha value is -2.12. The lowest BCUT2D eigenvalue weighted by Crippen LogP contribution is -1.99. The summed E-state index contributed by atoms with van der Waals surface area (Å²) < 4.78 is 5.77. The van der Waals surface area contributed by atoms with Crippen molar-refractivity contribution in [3.05, 3.63) is 83.9 Å². The SMILES string of the molecule is C=Cc1cccc(CCCCOCCCCc2cccc(C=C)c2)c1. The Labute approximate surface area is 153 Å². The molecule has 0 atom stereocenters. The lowest BCUT2D eigenvalue weighted by atomic mass is 10.1. The Bertz CT molecular complexity index is 599. The van der Waals surface area contributed by atoms with Crippen molar-refractivity contribution in [2.24, 2.45) is 0 Å². The quantitative estimate of drug-likeness (QED) is 0.412. The van der Waals surface area contributed by atoms with Crippen LogP contribution in [-0.2, 0) is 17.6 Å². The van der Waals surface area contributed by atoms with Crippen LogP contribution in [0.15, 0.2) is 61.7 Å². The second-order valence-corrected chi connectivity index (χ2v) is 6.42. The summed E-state index contributed by atoms with van der Waals surface area (Å²) in [6.45, 7) is 9.38. The van der Waals surface area contributed by atoms with Gasteiger partial charge < -0.3 is 4.74 Å². The zero-order chi connectivity index (χ0) is 17.7. The Balaban J connectivity index is 1.49. The molecule has 0 aliphatic heterocycles. The minimum Gasteiger partial charge on any atom is -0.381 e. The van der Waals surface area contributed by atoms with Crippen LogP contribution < -0.4 is 0 Å². The predicted molar refractivity (Wildman–Crippen MR) is 110 cm³/mol. The molecule has 0 saturated carbocycles. The van der Waals surface area contributed by atoms with Crippen LogP contribution in [0.3, 0.4) is 0 Å². The molecule has 0 unspecified atom stereocenters. The van der Waals surface area contributed by atoms with E-state index in [0.29, 0.717) is 0 Å². The van der Waals surface area contributed by atoms with Gasteiger partial charge in [-0.2, -0.15) is 0 Å². The van der Waals surface area contributed by atoms with Crippen molar-refractivity contribution in [3.8, 4) is 0 Å². The highest BCUT2D eigenvalue weighted by Crippen LogP contribution is 2.11. The van der Waals surface area contributed by atoms with Crippen LogP contribution in [0.1, 0.15) is 47.9 Å². The summed E-state index contributed by atoms with van der Waals surface area (Å²) in [5.41, 5.74) is 5.18. The van der Waals surface area contributed by atoms with Gasteiger partial charge in [0.05, 0.1) is 0 Å². The molecule has 0 spiro atoms. The van der Waals surface area contributed by atoms with Crippen molar-refractivity contribution < 1.29 is 4.74 Å². The third kappa shape index (κ3) is 7.53. The van der Waals surface area contributed by atoms with Crippen molar-refractivity contribution in [1.29, 1.82) is 0 Å². The van der Waals surface area contributed by atoms with E-state index in [1.807, 2.05) is 12.2 Å². The molecule has 0 saturated heterocycles. The summed E-state index contributed by atoms with van der Waals surface area (Å²) in [4.78, 5) is 0. The van der Waals surface area contributed by atoms with Gasteiger partial charge in [-0.05, 0) is 60.8 Å². The van der Waals surface area contributed by atoms with Gasteiger partial charge in [0.15, 0.2) is 0 Å². The van der Waals surface area contributed by atoms with Crippen molar-refractivity contribution in [2.75, 3.05) is 13.2 Å². The highest BCUT2D eigenvalue weighted by Gasteiger charge is 1.97. The standard InChI is InChI=1S/C24H30O/c1-3-21-13-9-15-23(19-21)11-5-7-17-25-18-8-6-12-24-16-10-14-22(4-2)20-24/h3-4,9-10,13-16,19-20H,1-2,5-8,11-12,17-18H2. The summed E-state index contributed by atoms with van der Waals surface area (Å²) in [5.74, 6) is 0. The van der Waals surface area contributed by atoms with E-state index in [9.17, 15) is 0 Å². The highest BCUT2D eigenvalue weighted by atomic mass is 16.5. The maximum absolute atomic E-state index is 5.77. The fourth-order valence-corrected chi connectivity index (χ4v) is 2.92. The third-order valence-corrected chi connectivity index (χ3v) is 4.38. The molecule has 0 fully saturated rings. The molecule has 0 N–H and O–H groups in total. The number of hydrogen-bond acceptors (Lipinski definition) is 1. The number of rotatable bonds is 12. The van der Waals surface area contributed by atoms with Gasteiger partial charge in [0.1, 0.15) is 0 Å². The van der Waals surface area contributed by atoms with E-state index >= 15 is 0 Å². The number of benzene rings is 2. The van der Waals surface area contributed by atoms with Crippen LogP contribution in [0, 0.1) is 0 Å². The number of hydrogen-bond donors (Lipinski definition) is 0. The molecule has 0 radical (unpaired) electrons. The summed E-state index contributed by atoms with van der Waals surface area (Å²) in [6.07, 6.45) is 10.6. The fourth-order valence-electron chi connectivity index (χ4n) is 2.92. The van der Waals surface area contributed by atoms with Crippen LogP contribution in [0.5, 0.6) is 0 Å². The number of unbranched alkanes of at least 4 members (excludes halogenated alkanes) is 2. The largest absolute Gasteiger partial charge is 0.381 e. The first-order valence-corrected chi connectivity index (χ1v) is 9.32. The second-order valence-electron chi connectivity index (χ2n) is 6.42. The van der Waals surface area contributed by atoms with Crippen LogP contribution >= 0.6 is 0 Å². The molecule has 0 aliphatic rings. The maximum Gasteiger partial charge on any atom is 0.0466 e. The van der Waals surface area contributed by atoms with Gasteiger partial charge in [-0.3, -0.25) is 0 Å². The predicted octanol–water partition coefficient (Wildman–Crippen LogP) is 6.33. The van der Waals surface area contributed by atoms with Gasteiger partial charge in [0.2, 0.25) is 0 Å². The average Bonchev–Trinajstić information content (AvgIpc) is 2.67. The fraction of sp³-hybridized carbons (Fsp3) is 0.333. The van der Waals surface area contributed by atoms with Gasteiger partial charge in [0, 0.05) is 13.2 Å². The second kappa shape index (κ2) is 11.4. The van der Waals surface area contributed by atoms with Crippen LogP contribution in [0.25, 0.3) is 12.2 Å². The molecule has 0 heterocycles. The Morgan fingerprint density at radius 3 is 1.60 bits per heavy atom. The number of aryl methyl sites for hydroxylation is 2. The van der Waals surface area contributed by atoms with Gasteiger partial charge >= 0.3 is 0 Å². The molecular formula is C24H30O. The molecule has 2 aromatic rings. The molecule has 0 aromatic heterocycles. The molecule has 132 valence electrons. The van der Waals surface area contributed by atoms with E-state index in [0.717, 1.165) is 38.9 Å². The Kier molecular flexibility index (Phi) is 8.79. The average molecular weight is 335 g/mol. The monoisotopic (exact) mass is 334 g/mol. The molecule has 0 amide bonds. The minimum atomic E-state index is 0.868. The molecule has 0 aliphatic carbocycles. The van der Waals surface area contributed by atoms with E-state index in [-0.39, 0.29) is 0 Å². The smallest absolute Gasteiger partial charge is 0.0466 e. The topological polar surface area (TPSA) is 9.23 Å². The molecule has 0 bridgehead atoms. The summed E-state index contributed by atoms with van der Waals surface area (Å²) in [5, 5.41) is 0. The van der Waals surface area contributed by atoms with Gasteiger partial charge in [-0.25, -0.2) is 0 Å². The van der Waals surface area contributed by atoms with Gasteiger partial charge in [0.25, 0.3) is 0 Å². The van der Waals surface area contributed by atoms with E-state index < -0.39 is 0 Å². The lowest BCUT2D eigenvalue weighted by Gasteiger charge is -2.06. The molecule has 25 heavy (non-hydrogen) atoms. The van der Waals surface area contributed by atoms with Gasteiger partial charge in [-0.15, -0.1) is 0 Å². The van der Waals surface area contributed by atoms with E-state index in [2.05, 4.69) is 61.7 Å². The summed E-state index contributed by atoms with van der Waals surface area (Å²) in [6, 6.07) is 17.2. The first-order chi connectivity index (χ1) is 12.3. The Morgan fingerprint density at radius 1 is 0.680 bits per heavy atom. The maximum atomic E-state index is 5.77. The molecular weight excluding hydrogens is 304 g/mol. The first kappa shape index (κ1) is 19.2. The van der Waals surface area contributed by atoms with E-state index in [1.54, 1.807) is 0 Å². The molecule has 1 heteroatoms. The molecule has 2 aromatic carbocycles. The highest BCUT2D eigenvalue weighted by molar-refractivity contribution is 5.48. The van der Waals surface area contributed by atoms with Crippen molar-refractivity contribution in [1.82, 2.24) is 0 Å². The normalized spacial score (nSPS) is 10.6. The number of ether oxygens (including phenoxy) is 1. The van der Waals surface area contributed by atoms with Gasteiger partial charge in [-0.1, -0.05) is 73.8 Å². The van der Waals surface area contributed by atoms with Crippen LogP contribution in [-0.4, -0.2) is 13.2 Å². The van der Waals surface area contributed by atoms with Crippen LogP contribution in [0.4, 0.5) is 0 Å². The summed E-state index contributed by atoms with van der Waals surface area (Å²) in [7, 11) is 0. The zero-order valence-corrected chi connectivity index (χ0v) is 15.3. The zero-order valence-electron chi connectivity index (χ0n) is 15.3. The van der Waals surface area contributed by atoms with E-state index in [1.165, 1.54) is 35.1 Å². The third-order valence-electron chi connectivity index (χ3n) is 4.38.